The second kappa shape index (κ2) is 3.18. The van der Waals surface area contributed by atoms with Crippen molar-refractivity contribution in [2.45, 2.75) is 0 Å². The average Bonchev–Trinajstić information content (AvgIpc) is 1.99. The number of carboxylic acid groups (broad SMARTS) is 1. The van der Waals surface area contributed by atoms with E-state index in [0.717, 1.165) is 0 Å². The highest BCUT2D eigenvalue weighted by Crippen LogP contribution is 2.30. The molecule has 0 saturated heterocycles. The summed E-state index contributed by atoms with van der Waals surface area (Å²) in [7, 11) is 0. The van der Waals surface area contributed by atoms with E-state index in [4.69, 9.17) is 21.8 Å². The molecule has 0 bridgehead atoms. The highest BCUT2D eigenvalue weighted by Gasteiger charge is 2.21. The Morgan fingerprint density at radius 2 is 2.00 bits per heavy atom. The first-order valence-electron chi connectivity index (χ1n) is 3.05. The number of benzene rings is 1. The van der Waals surface area contributed by atoms with Gasteiger partial charge in [0.05, 0.1) is 5.02 Å². The topological polar surface area (TPSA) is 57.5 Å². The number of aromatic carboxylic acids is 1. The summed E-state index contributed by atoms with van der Waals surface area (Å²) in [6.45, 7) is 0. The number of halogens is 3. The molecule has 13 heavy (non-hydrogen) atoms. The largest absolute Gasteiger partial charge is 0.507 e. The van der Waals surface area contributed by atoms with Gasteiger partial charge in [0.15, 0.2) is 11.6 Å². The fourth-order valence-electron chi connectivity index (χ4n) is 0.786. The van der Waals surface area contributed by atoms with Crippen LogP contribution in [0.25, 0.3) is 0 Å². The van der Waals surface area contributed by atoms with Gasteiger partial charge < -0.3 is 10.2 Å². The van der Waals surface area contributed by atoms with E-state index in [1.807, 2.05) is 0 Å². The van der Waals surface area contributed by atoms with Crippen LogP contribution in [0.2, 0.25) is 5.02 Å². The summed E-state index contributed by atoms with van der Waals surface area (Å²) < 4.78 is 25.1. The lowest BCUT2D eigenvalue weighted by atomic mass is 10.2. The Kier molecular flexibility index (Phi) is 2.38. The van der Waals surface area contributed by atoms with Gasteiger partial charge in [-0.1, -0.05) is 11.6 Å². The Labute approximate surface area is 76.2 Å². The first kappa shape index (κ1) is 9.73. The second-order valence-corrected chi connectivity index (χ2v) is 2.56. The third-order valence-corrected chi connectivity index (χ3v) is 1.71. The van der Waals surface area contributed by atoms with E-state index >= 15 is 0 Å². The van der Waals surface area contributed by atoms with Crippen LogP contribution in [-0.2, 0) is 0 Å². The van der Waals surface area contributed by atoms with Crippen molar-refractivity contribution in [3.05, 3.63) is 28.3 Å². The molecule has 0 atom stereocenters. The van der Waals surface area contributed by atoms with Crippen molar-refractivity contribution in [3.63, 3.8) is 0 Å². The fraction of sp³-hybridized carbons (Fsp3) is 0. The Bertz CT molecular complexity index is 378. The number of carbonyl (C=O) groups is 1. The van der Waals surface area contributed by atoms with E-state index in [1.165, 1.54) is 0 Å². The minimum absolute atomic E-state index is 0.352. The number of phenols is 1. The molecular formula is C7H3ClF2O3. The molecule has 1 aromatic carbocycles. The lowest BCUT2D eigenvalue weighted by Gasteiger charge is -2.03. The highest BCUT2D eigenvalue weighted by molar-refractivity contribution is 6.34. The molecule has 70 valence electrons. The highest BCUT2D eigenvalue weighted by atomic mass is 35.5. The summed E-state index contributed by atoms with van der Waals surface area (Å²) >= 11 is 5.14. The van der Waals surface area contributed by atoms with Crippen LogP contribution >= 0.6 is 11.6 Å². The monoisotopic (exact) mass is 208 g/mol. The molecule has 0 aliphatic carbocycles. The summed E-state index contributed by atoms with van der Waals surface area (Å²) in [5, 5.41) is 16.4. The van der Waals surface area contributed by atoms with Gasteiger partial charge in [-0.15, -0.1) is 0 Å². The van der Waals surface area contributed by atoms with E-state index in [-0.39, 0.29) is 0 Å². The van der Waals surface area contributed by atoms with Crippen LogP contribution in [0.4, 0.5) is 8.78 Å². The van der Waals surface area contributed by atoms with Gasteiger partial charge in [0.1, 0.15) is 11.3 Å². The van der Waals surface area contributed by atoms with Crippen LogP contribution < -0.4 is 0 Å². The molecule has 3 nitrogen and oxygen atoms in total. The molecule has 1 aromatic rings. The lowest BCUT2D eigenvalue weighted by Crippen LogP contribution is -2.01. The Morgan fingerprint density at radius 3 is 2.46 bits per heavy atom. The zero-order chi connectivity index (χ0) is 10.2. The van der Waals surface area contributed by atoms with Crippen molar-refractivity contribution in [1.29, 1.82) is 0 Å². The van der Waals surface area contributed by atoms with Crippen molar-refractivity contribution < 1.29 is 23.8 Å². The molecule has 0 unspecified atom stereocenters. The minimum atomic E-state index is -1.62. The van der Waals surface area contributed by atoms with Gasteiger partial charge >= 0.3 is 5.97 Å². The van der Waals surface area contributed by atoms with Crippen LogP contribution in [-0.4, -0.2) is 16.2 Å². The van der Waals surface area contributed by atoms with E-state index in [0.29, 0.717) is 6.07 Å². The van der Waals surface area contributed by atoms with Crippen LogP contribution in [0.3, 0.4) is 0 Å². The maximum absolute atomic E-state index is 12.7. The Hall–Kier alpha value is -1.36. The maximum Gasteiger partial charge on any atom is 0.341 e. The van der Waals surface area contributed by atoms with Gasteiger partial charge in [0, 0.05) is 6.07 Å². The molecule has 0 spiro atoms. The molecule has 0 aliphatic heterocycles. The smallest absolute Gasteiger partial charge is 0.341 e. The molecule has 2 N–H and O–H groups in total. The number of hydrogen-bond acceptors (Lipinski definition) is 2. The molecule has 0 fully saturated rings. The van der Waals surface area contributed by atoms with Crippen molar-refractivity contribution in [2.24, 2.45) is 0 Å². The summed E-state index contributed by atoms with van der Waals surface area (Å²) in [6, 6.07) is 0.352. The van der Waals surface area contributed by atoms with E-state index in [1.54, 1.807) is 0 Å². The van der Waals surface area contributed by atoms with Gasteiger partial charge in [-0.2, -0.15) is 0 Å². The van der Waals surface area contributed by atoms with Crippen molar-refractivity contribution in [2.75, 3.05) is 0 Å². The quantitative estimate of drug-likeness (QED) is 0.695. The summed E-state index contributed by atoms with van der Waals surface area (Å²) in [6.07, 6.45) is 0. The molecule has 0 aliphatic rings. The van der Waals surface area contributed by atoms with Gasteiger partial charge in [0.2, 0.25) is 0 Å². The van der Waals surface area contributed by atoms with Gasteiger partial charge in [-0.3, -0.25) is 0 Å². The minimum Gasteiger partial charge on any atom is -0.507 e. The van der Waals surface area contributed by atoms with E-state index in [9.17, 15) is 13.6 Å². The van der Waals surface area contributed by atoms with Gasteiger partial charge in [-0.05, 0) is 0 Å². The van der Waals surface area contributed by atoms with Gasteiger partial charge in [-0.25, -0.2) is 13.6 Å². The van der Waals surface area contributed by atoms with Crippen LogP contribution in [0.1, 0.15) is 10.4 Å². The maximum atomic E-state index is 12.7. The van der Waals surface area contributed by atoms with E-state index in [2.05, 4.69) is 0 Å². The third-order valence-electron chi connectivity index (χ3n) is 1.36. The number of hydrogen-bond donors (Lipinski definition) is 2. The SMILES string of the molecule is O=C(O)c1c(O)cc(F)c(F)c1Cl. The number of aromatic hydroxyl groups is 1. The molecular weight excluding hydrogens is 206 g/mol. The molecule has 1 rings (SSSR count). The Balaban J connectivity index is 3.53. The van der Waals surface area contributed by atoms with Crippen molar-refractivity contribution in [3.8, 4) is 5.75 Å². The first-order valence-corrected chi connectivity index (χ1v) is 3.42. The fourth-order valence-corrected chi connectivity index (χ4v) is 1.05. The average molecular weight is 209 g/mol. The van der Waals surface area contributed by atoms with Crippen LogP contribution in [0.15, 0.2) is 6.07 Å². The third kappa shape index (κ3) is 1.55. The molecule has 0 saturated carbocycles. The number of carboxylic acids is 1. The molecule has 6 heteroatoms. The summed E-state index contributed by atoms with van der Waals surface area (Å²) in [5.74, 6) is -5.41. The molecule has 0 radical (unpaired) electrons. The van der Waals surface area contributed by atoms with Crippen molar-refractivity contribution >= 4 is 17.6 Å². The molecule has 0 amide bonds. The predicted molar refractivity (Wildman–Crippen MR) is 40.0 cm³/mol. The zero-order valence-corrected chi connectivity index (χ0v) is 6.77. The van der Waals surface area contributed by atoms with E-state index < -0.39 is 33.9 Å². The standard InChI is InChI=1S/C7H3ClF2O3/c8-5-4(7(12)13)3(11)1-2(9)6(5)10/h1,11H,(H,12,13). The number of rotatable bonds is 1. The second-order valence-electron chi connectivity index (χ2n) is 2.19. The lowest BCUT2D eigenvalue weighted by molar-refractivity contribution is 0.0693. The zero-order valence-electron chi connectivity index (χ0n) is 6.01. The van der Waals surface area contributed by atoms with Crippen molar-refractivity contribution in [1.82, 2.24) is 0 Å². The Morgan fingerprint density at radius 1 is 1.46 bits per heavy atom. The predicted octanol–water partition coefficient (Wildman–Crippen LogP) is 2.02. The molecule has 0 aromatic heterocycles. The van der Waals surface area contributed by atoms with Gasteiger partial charge in [0.25, 0.3) is 0 Å². The first-order chi connectivity index (χ1) is 5.95. The summed E-state index contributed by atoms with van der Waals surface area (Å²) in [4.78, 5) is 10.4. The molecule has 0 heterocycles. The normalized spacial score (nSPS) is 10.1. The summed E-state index contributed by atoms with van der Waals surface area (Å²) in [5.41, 5.74) is -0.847. The van der Waals surface area contributed by atoms with Crippen LogP contribution in [0.5, 0.6) is 5.75 Å². The van der Waals surface area contributed by atoms with Crippen LogP contribution in [0, 0.1) is 11.6 Å².